The molecule has 1 aliphatic heterocycles. The molecule has 3 rings (SSSR count). The minimum absolute atomic E-state index is 0.207. The lowest BCUT2D eigenvalue weighted by Crippen LogP contribution is -2.17. The van der Waals surface area contributed by atoms with Crippen molar-refractivity contribution >= 4 is 34.4 Å². The second-order valence-electron chi connectivity index (χ2n) is 5.28. The van der Waals surface area contributed by atoms with Crippen molar-refractivity contribution in [2.45, 2.75) is 31.2 Å². The van der Waals surface area contributed by atoms with Gasteiger partial charge in [0.25, 0.3) is 0 Å². The highest BCUT2D eigenvalue weighted by atomic mass is 35.5. The van der Waals surface area contributed by atoms with E-state index in [2.05, 4.69) is 9.55 Å². The number of thioether (sulfide) groups is 1. The summed E-state index contributed by atoms with van der Waals surface area (Å²) < 4.78 is 21.2. The van der Waals surface area contributed by atoms with Crippen molar-refractivity contribution in [3.05, 3.63) is 23.8 Å². The Morgan fingerprint density at radius 2 is 2.14 bits per heavy atom. The molecule has 1 saturated heterocycles. The SMILES string of the molecule is COc1cc2c(cc1F)nc(C(C)Cl)n2C1CCSCC1. The van der Waals surface area contributed by atoms with Gasteiger partial charge in [-0.05, 0) is 31.3 Å². The molecule has 0 aliphatic carbocycles. The maximum absolute atomic E-state index is 13.9. The molecular weight excluding hydrogens is 311 g/mol. The molecule has 0 N–H and O–H groups in total. The number of fused-ring (bicyclic) bond motifs is 1. The van der Waals surface area contributed by atoms with Gasteiger partial charge in [-0.3, -0.25) is 0 Å². The molecule has 1 aliphatic rings. The highest BCUT2D eigenvalue weighted by molar-refractivity contribution is 7.99. The third-order valence-electron chi connectivity index (χ3n) is 3.90. The van der Waals surface area contributed by atoms with E-state index in [4.69, 9.17) is 16.3 Å². The van der Waals surface area contributed by atoms with Crippen molar-refractivity contribution in [1.29, 1.82) is 0 Å². The molecule has 2 heterocycles. The average molecular weight is 329 g/mol. The molecule has 0 bridgehead atoms. The molecule has 2 aromatic rings. The summed E-state index contributed by atoms with van der Waals surface area (Å²) in [7, 11) is 1.48. The van der Waals surface area contributed by atoms with Gasteiger partial charge in [-0.15, -0.1) is 11.6 Å². The fourth-order valence-corrected chi connectivity index (χ4v) is 4.12. The average Bonchev–Trinajstić information content (AvgIpc) is 2.85. The maximum atomic E-state index is 13.9. The van der Waals surface area contributed by atoms with Crippen LogP contribution in [0.4, 0.5) is 4.39 Å². The van der Waals surface area contributed by atoms with Gasteiger partial charge in [0, 0.05) is 18.2 Å². The van der Waals surface area contributed by atoms with Crippen LogP contribution in [0.15, 0.2) is 12.1 Å². The number of hydrogen-bond donors (Lipinski definition) is 0. The molecule has 1 unspecified atom stereocenters. The summed E-state index contributed by atoms with van der Waals surface area (Å²) in [6, 6.07) is 3.55. The molecule has 0 saturated carbocycles. The van der Waals surface area contributed by atoms with Gasteiger partial charge < -0.3 is 9.30 Å². The minimum atomic E-state index is -0.386. The number of alkyl halides is 1. The molecule has 21 heavy (non-hydrogen) atoms. The van der Waals surface area contributed by atoms with Gasteiger partial charge in [0.2, 0.25) is 0 Å². The number of nitrogens with zero attached hydrogens (tertiary/aromatic N) is 2. The predicted octanol–water partition coefficient (Wildman–Crippen LogP) is 4.55. The third kappa shape index (κ3) is 2.73. The van der Waals surface area contributed by atoms with Crippen LogP contribution in [-0.4, -0.2) is 28.2 Å². The lowest BCUT2D eigenvalue weighted by atomic mass is 10.1. The van der Waals surface area contributed by atoms with Crippen LogP contribution in [0.1, 0.15) is 37.0 Å². The largest absolute Gasteiger partial charge is 0.494 e. The number of aromatic nitrogens is 2. The number of ether oxygens (including phenoxy) is 1. The molecule has 1 fully saturated rings. The molecule has 6 heteroatoms. The van der Waals surface area contributed by atoms with Crippen molar-refractivity contribution in [2.24, 2.45) is 0 Å². The molecule has 0 radical (unpaired) electrons. The van der Waals surface area contributed by atoms with Gasteiger partial charge in [0.1, 0.15) is 5.82 Å². The molecular formula is C15H18ClFN2OS. The molecule has 1 aromatic heterocycles. The summed E-state index contributed by atoms with van der Waals surface area (Å²) in [5, 5.41) is -0.207. The van der Waals surface area contributed by atoms with Crippen LogP contribution in [0.2, 0.25) is 0 Å². The third-order valence-corrected chi connectivity index (χ3v) is 5.15. The topological polar surface area (TPSA) is 27.1 Å². The van der Waals surface area contributed by atoms with E-state index in [-0.39, 0.29) is 16.9 Å². The van der Waals surface area contributed by atoms with Gasteiger partial charge in [0.15, 0.2) is 11.6 Å². The smallest absolute Gasteiger partial charge is 0.167 e. The summed E-state index contributed by atoms with van der Waals surface area (Å²) in [5.74, 6) is 2.96. The van der Waals surface area contributed by atoms with Crippen LogP contribution >= 0.6 is 23.4 Å². The Labute approximate surface area is 132 Å². The zero-order valence-corrected chi connectivity index (χ0v) is 13.7. The maximum Gasteiger partial charge on any atom is 0.167 e. The summed E-state index contributed by atoms with van der Waals surface area (Å²) in [4.78, 5) is 4.55. The van der Waals surface area contributed by atoms with E-state index in [1.54, 1.807) is 6.07 Å². The molecule has 0 spiro atoms. The zero-order chi connectivity index (χ0) is 15.0. The van der Waals surface area contributed by atoms with Gasteiger partial charge in [-0.1, -0.05) is 0 Å². The number of imidazole rings is 1. The van der Waals surface area contributed by atoms with Crippen molar-refractivity contribution < 1.29 is 9.13 Å². The minimum Gasteiger partial charge on any atom is -0.494 e. The predicted molar refractivity (Wildman–Crippen MR) is 86.1 cm³/mol. The summed E-state index contributed by atoms with van der Waals surface area (Å²) in [5.41, 5.74) is 1.56. The van der Waals surface area contributed by atoms with E-state index >= 15 is 0 Å². The van der Waals surface area contributed by atoms with Gasteiger partial charge in [0.05, 0.1) is 23.5 Å². The number of benzene rings is 1. The first-order chi connectivity index (χ1) is 10.1. The van der Waals surface area contributed by atoms with E-state index in [0.29, 0.717) is 11.6 Å². The van der Waals surface area contributed by atoms with Crippen LogP contribution in [-0.2, 0) is 0 Å². The van der Waals surface area contributed by atoms with E-state index in [0.717, 1.165) is 35.7 Å². The first-order valence-electron chi connectivity index (χ1n) is 7.09. The number of methoxy groups -OCH3 is 1. The summed E-state index contributed by atoms with van der Waals surface area (Å²) >= 11 is 8.27. The van der Waals surface area contributed by atoms with Crippen LogP contribution in [0, 0.1) is 5.82 Å². The Balaban J connectivity index is 2.19. The van der Waals surface area contributed by atoms with E-state index in [9.17, 15) is 4.39 Å². The Hall–Kier alpha value is -0.940. The van der Waals surface area contributed by atoms with Crippen molar-refractivity contribution in [1.82, 2.24) is 9.55 Å². The van der Waals surface area contributed by atoms with Gasteiger partial charge >= 0.3 is 0 Å². The van der Waals surface area contributed by atoms with Crippen LogP contribution in [0.25, 0.3) is 11.0 Å². The molecule has 114 valence electrons. The van der Waals surface area contributed by atoms with Crippen molar-refractivity contribution in [3.8, 4) is 5.75 Å². The fourth-order valence-electron chi connectivity index (χ4n) is 2.88. The molecule has 1 aromatic carbocycles. The second-order valence-corrected chi connectivity index (χ2v) is 7.15. The quantitative estimate of drug-likeness (QED) is 0.773. The monoisotopic (exact) mass is 328 g/mol. The Morgan fingerprint density at radius 1 is 1.43 bits per heavy atom. The molecule has 3 nitrogen and oxygen atoms in total. The number of halogens is 2. The Morgan fingerprint density at radius 3 is 2.76 bits per heavy atom. The van der Waals surface area contributed by atoms with Crippen molar-refractivity contribution in [2.75, 3.05) is 18.6 Å². The highest BCUT2D eigenvalue weighted by Crippen LogP contribution is 2.36. The van der Waals surface area contributed by atoms with E-state index in [1.165, 1.54) is 13.2 Å². The molecule has 1 atom stereocenters. The lowest BCUT2D eigenvalue weighted by Gasteiger charge is -2.26. The Kier molecular flexibility index (Phi) is 4.31. The first kappa shape index (κ1) is 15.0. The first-order valence-corrected chi connectivity index (χ1v) is 8.68. The van der Waals surface area contributed by atoms with Gasteiger partial charge in [-0.25, -0.2) is 9.37 Å². The van der Waals surface area contributed by atoms with Gasteiger partial charge in [-0.2, -0.15) is 11.8 Å². The van der Waals surface area contributed by atoms with Crippen molar-refractivity contribution in [3.63, 3.8) is 0 Å². The van der Waals surface area contributed by atoms with E-state index < -0.39 is 0 Å². The van der Waals surface area contributed by atoms with E-state index in [1.807, 2.05) is 18.7 Å². The van der Waals surface area contributed by atoms with Crippen LogP contribution in [0.3, 0.4) is 0 Å². The fraction of sp³-hybridized carbons (Fsp3) is 0.533. The lowest BCUT2D eigenvalue weighted by molar-refractivity contribution is 0.387. The highest BCUT2D eigenvalue weighted by Gasteiger charge is 2.24. The molecule has 0 amide bonds. The van der Waals surface area contributed by atoms with Crippen LogP contribution in [0.5, 0.6) is 5.75 Å². The second kappa shape index (κ2) is 6.05. The number of hydrogen-bond acceptors (Lipinski definition) is 3. The standard InChI is InChI=1S/C15H18ClFN2OS/c1-9(16)15-18-12-7-11(17)14(20-2)8-13(12)19(15)10-3-5-21-6-4-10/h7-10H,3-6H2,1-2H3. The number of rotatable bonds is 3. The van der Waals surface area contributed by atoms with Crippen LogP contribution < -0.4 is 4.74 Å². The summed E-state index contributed by atoms with van der Waals surface area (Å²) in [6.07, 6.45) is 2.18. The zero-order valence-electron chi connectivity index (χ0n) is 12.1. The Bertz CT molecular complexity index is 653. The summed E-state index contributed by atoms with van der Waals surface area (Å²) in [6.45, 7) is 1.91. The normalized spacial score (nSPS) is 18.1.